The Hall–Kier alpha value is -0.380. The normalized spacial score (nSPS) is 19.2. The molecule has 0 aromatic heterocycles. The Labute approximate surface area is 112 Å². The second-order valence-corrected chi connectivity index (χ2v) is 5.67. The highest BCUT2D eigenvalue weighted by atomic mass is 79.9. The van der Waals surface area contributed by atoms with Crippen molar-refractivity contribution in [3.8, 4) is 0 Å². The first-order chi connectivity index (χ1) is 8.27. The molecule has 1 aliphatic heterocycles. The number of benzene rings is 1. The molecule has 1 unspecified atom stereocenters. The van der Waals surface area contributed by atoms with Crippen molar-refractivity contribution in [1.29, 1.82) is 0 Å². The molecule has 0 amide bonds. The molecule has 1 aromatic carbocycles. The van der Waals surface area contributed by atoms with Crippen LogP contribution in [0.5, 0.6) is 0 Å². The minimum Gasteiger partial charge on any atom is -0.324 e. The summed E-state index contributed by atoms with van der Waals surface area (Å²) in [7, 11) is 0. The Morgan fingerprint density at radius 2 is 1.88 bits per heavy atom. The summed E-state index contributed by atoms with van der Waals surface area (Å²) in [6.07, 6.45) is 5.14. The van der Waals surface area contributed by atoms with Gasteiger partial charge in [0.05, 0.1) is 0 Å². The Bertz CT molecular complexity index is 348. The van der Waals surface area contributed by atoms with Crippen LogP contribution >= 0.6 is 15.9 Å². The molecule has 1 heterocycles. The van der Waals surface area contributed by atoms with Gasteiger partial charge in [0.2, 0.25) is 0 Å². The molecule has 2 nitrogen and oxygen atoms in total. The topological polar surface area (TPSA) is 29.3 Å². The van der Waals surface area contributed by atoms with Crippen molar-refractivity contribution in [3.63, 3.8) is 0 Å². The van der Waals surface area contributed by atoms with Crippen LogP contribution in [0.1, 0.15) is 37.3 Å². The fourth-order valence-electron chi connectivity index (χ4n) is 2.44. The maximum atomic E-state index is 6.26. The molecule has 0 saturated carbocycles. The molecule has 0 bridgehead atoms. The third kappa shape index (κ3) is 3.80. The van der Waals surface area contributed by atoms with Crippen molar-refractivity contribution >= 4 is 15.9 Å². The van der Waals surface area contributed by atoms with Crippen LogP contribution in [0.3, 0.4) is 0 Å². The maximum absolute atomic E-state index is 6.26. The van der Waals surface area contributed by atoms with Gasteiger partial charge in [-0.15, -0.1) is 0 Å². The van der Waals surface area contributed by atoms with Gasteiger partial charge < -0.3 is 10.6 Å². The van der Waals surface area contributed by atoms with E-state index in [9.17, 15) is 0 Å². The molecule has 1 aliphatic rings. The van der Waals surface area contributed by atoms with Crippen molar-refractivity contribution < 1.29 is 0 Å². The number of piperidine rings is 1. The predicted molar refractivity (Wildman–Crippen MR) is 76.0 cm³/mol. The van der Waals surface area contributed by atoms with E-state index in [4.69, 9.17) is 5.73 Å². The largest absolute Gasteiger partial charge is 0.324 e. The quantitative estimate of drug-likeness (QED) is 0.923. The molecule has 94 valence electrons. The fourth-order valence-corrected chi connectivity index (χ4v) is 3.01. The molecule has 2 N–H and O–H groups in total. The van der Waals surface area contributed by atoms with Crippen molar-refractivity contribution in [2.75, 3.05) is 19.6 Å². The molecular weight excluding hydrogens is 276 g/mol. The maximum Gasteiger partial charge on any atom is 0.0318 e. The average Bonchev–Trinajstić information content (AvgIpc) is 2.38. The van der Waals surface area contributed by atoms with Gasteiger partial charge in [-0.3, -0.25) is 0 Å². The summed E-state index contributed by atoms with van der Waals surface area (Å²) in [5, 5.41) is 0. The molecule has 2 rings (SSSR count). The molecule has 0 radical (unpaired) electrons. The third-order valence-electron chi connectivity index (χ3n) is 3.51. The van der Waals surface area contributed by atoms with Crippen LogP contribution in [-0.2, 0) is 0 Å². The van der Waals surface area contributed by atoms with Crippen LogP contribution in [0.25, 0.3) is 0 Å². The summed E-state index contributed by atoms with van der Waals surface area (Å²) in [6, 6.07) is 8.42. The standard InChI is InChI=1S/C14H21BrN2/c15-13-7-3-2-6-12(13)14(16)8-11-17-9-4-1-5-10-17/h2-3,6-7,14H,1,4-5,8-11,16H2. The zero-order chi connectivity index (χ0) is 12.1. The van der Waals surface area contributed by atoms with E-state index in [0.717, 1.165) is 17.4 Å². The SMILES string of the molecule is NC(CCN1CCCCC1)c1ccccc1Br. The number of hydrogen-bond acceptors (Lipinski definition) is 2. The van der Waals surface area contributed by atoms with Crippen molar-refractivity contribution in [2.45, 2.75) is 31.7 Å². The van der Waals surface area contributed by atoms with Gasteiger partial charge in [0.25, 0.3) is 0 Å². The first kappa shape index (κ1) is 13.1. The van der Waals surface area contributed by atoms with Crippen LogP contribution < -0.4 is 5.73 Å². The van der Waals surface area contributed by atoms with Gasteiger partial charge in [-0.1, -0.05) is 40.5 Å². The summed E-state index contributed by atoms with van der Waals surface area (Å²) < 4.78 is 1.13. The lowest BCUT2D eigenvalue weighted by atomic mass is 10.0. The van der Waals surface area contributed by atoms with Crippen LogP contribution in [0.4, 0.5) is 0 Å². The van der Waals surface area contributed by atoms with Gasteiger partial charge in [-0.05, 0) is 50.5 Å². The van der Waals surface area contributed by atoms with E-state index >= 15 is 0 Å². The predicted octanol–water partition coefficient (Wildman–Crippen LogP) is 3.32. The van der Waals surface area contributed by atoms with E-state index < -0.39 is 0 Å². The average molecular weight is 297 g/mol. The molecule has 1 saturated heterocycles. The number of likely N-dealkylation sites (tertiary alicyclic amines) is 1. The van der Waals surface area contributed by atoms with E-state index in [1.54, 1.807) is 0 Å². The number of nitrogens with two attached hydrogens (primary N) is 1. The first-order valence-electron chi connectivity index (χ1n) is 6.50. The van der Waals surface area contributed by atoms with Crippen LogP contribution in [0.2, 0.25) is 0 Å². The monoisotopic (exact) mass is 296 g/mol. The van der Waals surface area contributed by atoms with Gasteiger partial charge in [0, 0.05) is 10.5 Å². The lowest BCUT2D eigenvalue weighted by Crippen LogP contribution is -2.32. The van der Waals surface area contributed by atoms with Gasteiger partial charge in [-0.25, -0.2) is 0 Å². The highest BCUT2D eigenvalue weighted by Crippen LogP contribution is 2.24. The zero-order valence-corrected chi connectivity index (χ0v) is 11.8. The van der Waals surface area contributed by atoms with Crippen molar-refractivity contribution in [1.82, 2.24) is 4.90 Å². The second-order valence-electron chi connectivity index (χ2n) is 4.82. The minimum absolute atomic E-state index is 0.146. The zero-order valence-electron chi connectivity index (χ0n) is 10.2. The molecular formula is C14H21BrN2. The smallest absolute Gasteiger partial charge is 0.0318 e. The molecule has 3 heteroatoms. The summed E-state index contributed by atoms with van der Waals surface area (Å²) in [5.74, 6) is 0. The summed E-state index contributed by atoms with van der Waals surface area (Å²) >= 11 is 3.57. The molecule has 17 heavy (non-hydrogen) atoms. The lowest BCUT2D eigenvalue weighted by Gasteiger charge is -2.27. The van der Waals surface area contributed by atoms with Crippen molar-refractivity contribution in [2.24, 2.45) is 5.73 Å². The van der Waals surface area contributed by atoms with Crippen LogP contribution in [-0.4, -0.2) is 24.5 Å². The van der Waals surface area contributed by atoms with Gasteiger partial charge in [-0.2, -0.15) is 0 Å². The summed E-state index contributed by atoms with van der Waals surface area (Å²) in [4.78, 5) is 2.54. The van der Waals surface area contributed by atoms with Gasteiger partial charge in [0.15, 0.2) is 0 Å². The number of rotatable bonds is 4. The Balaban J connectivity index is 1.84. The third-order valence-corrected chi connectivity index (χ3v) is 4.23. The minimum atomic E-state index is 0.146. The van der Waals surface area contributed by atoms with E-state index in [1.807, 2.05) is 6.07 Å². The summed E-state index contributed by atoms with van der Waals surface area (Å²) in [6.45, 7) is 3.63. The second kappa shape index (κ2) is 6.53. The lowest BCUT2D eigenvalue weighted by molar-refractivity contribution is 0.221. The van der Waals surface area contributed by atoms with Gasteiger partial charge >= 0.3 is 0 Å². The van der Waals surface area contributed by atoms with E-state index in [-0.39, 0.29) is 6.04 Å². The number of halogens is 1. The molecule has 1 fully saturated rings. The Kier molecular flexibility index (Phi) is 5.01. The van der Waals surface area contributed by atoms with E-state index in [0.29, 0.717) is 0 Å². The molecule has 1 atom stereocenters. The summed E-state index contributed by atoms with van der Waals surface area (Å²) in [5.41, 5.74) is 7.48. The van der Waals surface area contributed by atoms with Crippen LogP contribution in [0, 0.1) is 0 Å². The Morgan fingerprint density at radius 1 is 1.18 bits per heavy atom. The van der Waals surface area contributed by atoms with E-state index in [2.05, 4.69) is 39.0 Å². The highest BCUT2D eigenvalue weighted by Gasteiger charge is 2.13. The highest BCUT2D eigenvalue weighted by molar-refractivity contribution is 9.10. The van der Waals surface area contributed by atoms with Crippen molar-refractivity contribution in [3.05, 3.63) is 34.3 Å². The Morgan fingerprint density at radius 3 is 2.59 bits per heavy atom. The van der Waals surface area contributed by atoms with E-state index in [1.165, 1.54) is 37.9 Å². The fraction of sp³-hybridized carbons (Fsp3) is 0.571. The number of hydrogen-bond donors (Lipinski definition) is 1. The molecule has 0 aliphatic carbocycles. The van der Waals surface area contributed by atoms with Crippen LogP contribution in [0.15, 0.2) is 28.7 Å². The number of nitrogens with zero attached hydrogens (tertiary/aromatic N) is 1. The molecule has 1 aromatic rings. The first-order valence-corrected chi connectivity index (χ1v) is 7.29. The molecule has 0 spiro atoms. The van der Waals surface area contributed by atoms with Gasteiger partial charge in [0.1, 0.15) is 0 Å².